The van der Waals surface area contributed by atoms with Crippen LogP contribution in [0.2, 0.25) is 0 Å². The van der Waals surface area contributed by atoms with Gasteiger partial charge in [0.1, 0.15) is 0 Å². The molecule has 2 rings (SSSR count). The first-order valence-electron chi connectivity index (χ1n) is 6.91. The maximum Gasteiger partial charge on any atom is 0.250 e. The second-order valence-corrected chi connectivity index (χ2v) is 4.81. The molecule has 0 saturated carbocycles. The highest BCUT2D eigenvalue weighted by atomic mass is 35.5. The second kappa shape index (κ2) is 8.36. The zero-order valence-electron chi connectivity index (χ0n) is 12.4. The Hall–Kier alpha value is -2.11. The Morgan fingerprint density at radius 3 is 2.55 bits per heavy atom. The van der Waals surface area contributed by atoms with Crippen LogP contribution >= 0.6 is 12.4 Å². The number of carbonyl (C=O) groups excluding carboxylic acids is 1. The van der Waals surface area contributed by atoms with Crippen molar-refractivity contribution < 1.29 is 4.79 Å². The van der Waals surface area contributed by atoms with Gasteiger partial charge >= 0.3 is 0 Å². The van der Waals surface area contributed by atoms with Crippen LogP contribution in [0, 0.1) is 0 Å². The van der Waals surface area contributed by atoms with Crippen LogP contribution in [-0.4, -0.2) is 10.5 Å². The molecule has 0 aliphatic rings. The summed E-state index contributed by atoms with van der Waals surface area (Å²) in [6, 6.07) is 12.2. The monoisotopic (exact) mass is 321 g/mol. The fourth-order valence-electron chi connectivity index (χ4n) is 2.08. The summed E-state index contributed by atoms with van der Waals surface area (Å²) in [5, 5.41) is 2.77. The lowest BCUT2D eigenvalue weighted by Gasteiger charge is -2.12. The first-order chi connectivity index (χ1) is 10.1. The van der Waals surface area contributed by atoms with Gasteiger partial charge in [0.05, 0.1) is 5.69 Å². The van der Waals surface area contributed by atoms with Crippen LogP contribution in [0.15, 0.2) is 53.5 Å². The number of hydrogen-bond acceptors (Lipinski definition) is 3. The van der Waals surface area contributed by atoms with Crippen LogP contribution in [-0.2, 0) is 11.3 Å². The number of nitrogens with zero attached hydrogens (tertiary/aromatic N) is 1. The maximum atomic E-state index is 12.0. The third-order valence-electron chi connectivity index (χ3n) is 3.24. The lowest BCUT2D eigenvalue weighted by Crippen LogP contribution is -2.22. The summed E-state index contributed by atoms with van der Waals surface area (Å²) in [5.41, 5.74) is 7.45. The van der Waals surface area contributed by atoms with Crippen LogP contribution in [0.4, 0.5) is 5.69 Å². The van der Waals surface area contributed by atoms with Crippen LogP contribution in [0.5, 0.6) is 0 Å². The predicted octanol–water partition coefficient (Wildman–Crippen LogP) is 2.32. The van der Waals surface area contributed by atoms with E-state index in [9.17, 15) is 9.59 Å². The molecule has 1 atom stereocenters. The lowest BCUT2D eigenvalue weighted by atomic mass is 10.0. The highest BCUT2D eigenvalue weighted by Crippen LogP contribution is 2.14. The summed E-state index contributed by atoms with van der Waals surface area (Å²) < 4.78 is 1.53. The normalized spacial score (nSPS) is 11.4. The van der Waals surface area contributed by atoms with E-state index in [2.05, 4.69) is 5.32 Å². The molecule has 118 valence electrons. The van der Waals surface area contributed by atoms with Gasteiger partial charge in [0.25, 0.3) is 5.56 Å². The highest BCUT2D eigenvalue weighted by molar-refractivity contribution is 5.91. The Balaban J connectivity index is 0.00000242. The predicted molar refractivity (Wildman–Crippen MR) is 90.2 cm³/mol. The molecule has 22 heavy (non-hydrogen) atoms. The number of carbonyl (C=O) groups is 1. The van der Waals surface area contributed by atoms with Gasteiger partial charge in [0.2, 0.25) is 5.91 Å². The summed E-state index contributed by atoms with van der Waals surface area (Å²) in [5.74, 6) is -0.173. The van der Waals surface area contributed by atoms with Gasteiger partial charge in [-0.3, -0.25) is 9.59 Å². The van der Waals surface area contributed by atoms with Crippen LogP contribution < -0.4 is 16.6 Å². The van der Waals surface area contributed by atoms with Gasteiger partial charge in [0.15, 0.2) is 0 Å². The van der Waals surface area contributed by atoms with E-state index in [1.165, 1.54) is 10.6 Å². The van der Waals surface area contributed by atoms with Crippen molar-refractivity contribution in [1.82, 2.24) is 4.57 Å². The van der Waals surface area contributed by atoms with Crippen molar-refractivity contribution in [2.24, 2.45) is 5.73 Å². The van der Waals surface area contributed by atoms with Gasteiger partial charge in [-0.05, 0) is 18.6 Å². The highest BCUT2D eigenvalue weighted by Gasteiger charge is 2.11. The molecule has 0 radical (unpaired) electrons. The lowest BCUT2D eigenvalue weighted by molar-refractivity contribution is -0.116. The van der Waals surface area contributed by atoms with Crippen LogP contribution in [0.1, 0.15) is 24.9 Å². The number of amides is 1. The Morgan fingerprint density at radius 2 is 1.91 bits per heavy atom. The van der Waals surface area contributed by atoms with Crippen molar-refractivity contribution in [1.29, 1.82) is 0 Å². The van der Waals surface area contributed by atoms with E-state index in [0.717, 1.165) is 5.56 Å². The van der Waals surface area contributed by atoms with Gasteiger partial charge in [-0.2, -0.15) is 0 Å². The molecular formula is C16H20ClN3O2. The van der Waals surface area contributed by atoms with Gasteiger partial charge < -0.3 is 15.6 Å². The fourth-order valence-corrected chi connectivity index (χ4v) is 2.08. The fraction of sp³-hybridized carbons (Fsp3) is 0.250. The quantitative estimate of drug-likeness (QED) is 0.887. The third-order valence-corrected chi connectivity index (χ3v) is 3.24. The van der Waals surface area contributed by atoms with Gasteiger partial charge in [0, 0.05) is 31.3 Å². The van der Waals surface area contributed by atoms with E-state index in [-0.39, 0.29) is 36.3 Å². The van der Waals surface area contributed by atoms with Gasteiger partial charge in [-0.25, -0.2) is 0 Å². The molecule has 5 nitrogen and oxygen atoms in total. The Labute approximate surface area is 135 Å². The minimum absolute atomic E-state index is 0. The molecule has 1 aromatic heterocycles. The third kappa shape index (κ3) is 4.72. The molecule has 6 heteroatoms. The number of halogens is 1. The second-order valence-electron chi connectivity index (χ2n) is 4.81. The minimum atomic E-state index is -0.344. The number of pyridine rings is 1. The number of aryl methyl sites for hydroxylation is 1. The van der Waals surface area contributed by atoms with E-state index in [4.69, 9.17) is 5.73 Å². The molecule has 1 amide bonds. The Kier molecular flexibility index (Phi) is 6.82. The standard InChI is InChI=1S/C16H19N3O2.ClH/c1-2-19-11-13(8-9-16(19)21)18-15(20)10-14(17)12-6-4-3-5-7-12;/h3-9,11,14H,2,10,17H2,1H3,(H,18,20);1H. The number of rotatable bonds is 5. The van der Waals surface area contributed by atoms with E-state index in [1.54, 1.807) is 12.3 Å². The Bertz CT molecular complexity index is 671. The van der Waals surface area contributed by atoms with Crippen molar-refractivity contribution >= 4 is 24.0 Å². The summed E-state index contributed by atoms with van der Waals surface area (Å²) in [6.45, 7) is 2.43. The molecule has 3 N–H and O–H groups in total. The maximum absolute atomic E-state index is 12.0. The average molecular weight is 322 g/mol. The molecule has 0 aliphatic heterocycles. The van der Waals surface area contributed by atoms with E-state index in [0.29, 0.717) is 12.2 Å². The first-order valence-corrected chi connectivity index (χ1v) is 6.91. The SMILES string of the molecule is CCn1cc(NC(=O)CC(N)c2ccccc2)ccc1=O.Cl. The number of nitrogens with two attached hydrogens (primary N) is 1. The number of nitrogens with one attached hydrogen (secondary N) is 1. The van der Waals surface area contributed by atoms with Crippen molar-refractivity contribution in [2.75, 3.05) is 5.32 Å². The molecule has 1 aromatic carbocycles. The zero-order valence-corrected chi connectivity index (χ0v) is 13.2. The molecule has 0 spiro atoms. The zero-order chi connectivity index (χ0) is 15.2. The molecular weight excluding hydrogens is 302 g/mol. The topological polar surface area (TPSA) is 77.1 Å². The summed E-state index contributed by atoms with van der Waals surface area (Å²) >= 11 is 0. The molecule has 1 heterocycles. The van der Waals surface area contributed by atoms with Crippen molar-refractivity contribution in [3.8, 4) is 0 Å². The number of anilines is 1. The average Bonchev–Trinajstić information content (AvgIpc) is 2.50. The minimum Gasteiger partial charge on any atom is -0.325 e. The van der Waals surface area contributed by atoms with Crippen molar-refractivity contribution in [3.05, 3.63) is 64.6 Å². The number of benzene rings is 1. The van der Waals surface area contributed by atoms with Crippen molar-refractivity contribution in [3.63, 3.8) is 0 Å². The summed E-state index contributed by atoms with van der Waals surface area (Å²) in [6.07, 6.45) is 1.82. The number of aromatic nitrogens is 1. The van der Waals surface area contributed by atoms with Gasteiger partial charge in [-0.15, -0.1) is 12.4 Å². The molecule has 0 fully saturated rings. The van der Waals surface area contributed by atoms with Gasteiger partial charge in [-0.1, -0.05) is 30.3 Å². The summed E-state index contributed by atoms with van der Waals surface area (Å²) in [4.78, 5) is 23.5. The molecule has 2 aromatic rings. The summed E-state index contributed by atoms with van der Waals surface area (Å²) in [7, 11) is 0. The first kappa shape index (κ1) is 17.9. The largest absolute Gasteiger partial charge is 0.325 e. The molecule has 0 bridgehead atoms. The molecule has 0 aliphatic carbocycles. The smallest absolute Gasteiger partial charge is 0.250 e. The van der Waals surface area contributed by atoms with Crippen LogP contribution in [0.3, 0.4) is 0 Å². The Morgan fingerprint density at radius 1 is 1.23 bits per heavy atom. The van der Waals surface area contributed by atoms with E-state index < -0.39 is 0 Å². The van der Waals surface area contributed by atoms with E-state index in [1.807, 2.05) is 37.3 Å². The molecule has 1 unspecified atom stereocenters. The van der Waals surface area contributed by atoms with Crippen LogP contribution in [0.25, 0.3) is 0 Å². The number of hydrogen-bond donors (Lipinski definition) is 2. The van der Waals surface area contributed by atoms with Crippen molar-refractivity contribution in [2.45, 2.75) is 25.9 Å². The van der Waals surface area contributed by atoms with E-state index >= 15 is 0 Å². The molecule has 0 saturated heterocycles.